The van der Waals surface area contributed by atoms with Gasteiger partial charge < -0.3 is 10.1 Å². The first-order chi connectivity index (χ1) is 14.0. The molecule has 0 fully saturated rings. The Morgan fingerprint density at radius 3 is 2.55 bits per heavy atom. The molecule has 1 heterocycles. The maximum Gasteiger partial charge on any atom is 0.319 e. The number of ether oxygens (including phenoxy) is 1. The van der Waals surface area contributed by atoms with Gasteiger partial charge in [0, 0.05) is 18.1 Å². The average molecular weight is 413 g/mol. The number of nitrogens with zero attached hydrogens (tertiary/aromatic N) is 2. The van der Waals surface area contributed by atoms with Crippen molar-refractivity contribution < 1.29 is 18.7 Å². The van der Waals surface area contributed by atoms with Gasteiger partial charge in [0.2, 0.25) is 5.91 Å². The molecule has 8 heteroatoms. The average Bonchev–Trinajstić information content (AvgIpc) is 3.27. The zero-order valence-electron chi connectivity index (χ0n) is 15.7. The van der Waals surface area contributed by atoms with Crippen LogP contribution in [0.25, 0.3) is 5.69 Å². The zero-order chi connectivity index (χ0) is 20.6. The molecule has 0 saturated carbocycles. The molecular weight excluding hydrogens is 393 g/mol. The summed E-state index contributed by atoms with van der Waals surface area (Å²) in [5, 5.41) is 6.32. The smallest absolute Gasteiger partial charge is 0.319 e. The highest BCUT2D eigenvalue weighted by molar-refractivity contribution is 8.01. The molecular formula is C21H20FN3O3S. The number of benzene rings is 2. The van der Waals surface area contributed by atoms with Gasteiger partial charge in [0.15, 0.2) is 0 Å². The summed E-state index contributed by atoms with van der Waals surface area (Å²) in [6.45, 7) is 1.85. The Balaban J connectivity index is 1.40. The molecule has 0 bridgehead atoms. The number of rotatable bonds is 8. The van der Waals surface area contributed by atoms with Crippen molar-refractivity contribution >= 4 is 29.3 Å². The monoisotopic (exact) mass is 413 g/mol. The number of esters is 1. The van der Waals surface area contributed by atoms with E-state index in [-0.39, 0.29) is 30.1 Å². The Bertz CT molecular complexity index is 944. The van der Waals surface area contributed by atoms with Crippen LogP contribution in [0.1, 0.15) is 12.5 Å². The summed E-state index contributed by atoms with van der Waals surface area (Å²) in [4.78, 5) is 24.1. The summed E-state index contributed by atoms with van der Waals surface area (Å²) in [5.41, 5.74) is 2.28. The molecule has 6 nitrogen and oxygen atoms in total. The van der Waals surface area contributed by atoms with Crippen LogP contribution in [0.2, 0.25) is 0 Å². The van der Waals surface area contributed by atoms with E-state index in [0.717, 1.165) is 11.3 Å². The molecule has 1 N–H and O–H groups in total. The van der Waals surface area contributed by atoms with E-state index >= 15 is 0 Å². The van der Waals surface area contributed by atoms with Crippen molar-refractivity contribution in [1.29, 1.82) is 0 Å². The summed E-state index contributed by atoms with van der Waals surface area (Å²) < 4.78 is 19.9. The lowest BCUT2D eigenvalue weighted by Gasteiger charge is -2.12. The third-order valence-corrected chi connectivity index (χ3v) is 5.13. The molecule has 0 aliphatic carbocycles. The Hall–Kier alpha value is -3.13. The highest BCUT2D eigenvalue weighted by Crippen LogP contribution is 2.16. The SMILES string of the molecule is CC(SCC(=O)Nc1ccc(F)cc1)C(=O)OCc1ccc(-n2cccn2)cc1. The van der Waals surface area contributed by atoms with E-state index in [1.54, 1.807) is 17.8 Å². The molecule has 1 aromatic heterocycles. The lowest BCUT2D eigenvalue weighted by Crippen LogP contribution is -2.21. The lowest BCUT2D eigenvalue weighted by atomic mass is 10.2. The minimum atomic E-state index is -0.489. The number of nitrogens with one attached hydrogen (secondary N) is 1. The first-order valence-electron chi connectivity index (χ1n) is 8.94. The van der Waals surface area contributed by atoms with Crippen molar-refractivity contribution in [3.8, 4) is 5.69 Å². The molecule has 0 aliphatic heterocycles. The largest absolute Gasteiger partial charge is 0.460 e. The molecule has 150 valence electrons. The van der Waals surface area contributed by atoms with Crippen molar-refractivity contribution in [3.05, 3.63) is 78.4 Å². The van der Waals surface area contributed by atoms with Gasteiger partial charge in [-0.15, -0.1) is 11.8 Å². The number of halogens is 1. The van der Waals surface area contributed by atoms with Crippen LogP contribution in [0.15, 0.2) is 67.0 Å². The van der Waals surface area contributed by atoms with Gasteiger partial charge in [-0.2, -0.15) is 5.10 Å². The molecule has 1 amide bonds. The summed E-state index contributed by atoms with van der Waals surface area (Å²) in [5.74, 6) is -0.937. The third kappa shape index (κ3) is 6.18. The van der Waals surface area contributed by atoms with Crippen molar-refractivity contribution in [1.82, 2.24) is 9.78 Å². The quantitative estimate of drug-likeness (QED) is 0.569. The first-order valence-corrected chi connectivity index (χ1v) is 9.99. The molecule has 0 aliphatic rings. The number of thioether (sulfide) groups is 1. The van der Waals surface area contributed by atoms with E-state index < -0.39 is 5.25 Å². The van der Waals surface area contributed by atoms with Crippen LogP contribution >= 0.6 is 11.8 Å². The molecule has 0 saturated heterocycles. The minimum Gasteiger partial charge on any atom is -0.460 e. The summed E-state index contributed by atoms with van der Waals surface area (Å²) in [6, 6.07) is 14.9. The maximum absolute atomic E-state index is 12.9. The van der Waals surface area contributed by atoms with E-state index in [1.165, 1.54) is 36.0 Å². The zero-order valence-corrected chi connectivity index (χ0v) is 16.6. The molecule has 1 unspecified atom stereocenters. The van der Waals surface area contributed by atoms with Crippen LogP contribution in [0, 0.1) is 5.82 Å². The fourth-order valence-corrected chi connectivity index (χ4v) is 3.11. The highest BCUT2D eigenvalue weighted by Gasteiger charge is 2.17. The Kier molecular flexibility index (Phi) is 7.02. The lowest BCUT2D eigenvalue weighted by molar-refractivity contribution is -0.143. The third-order valence-electron chi connectivity index (χ3n) is 4.01. The number of hydrogen-bond donors (Lipinski definition) is 1. The molecule has 2 aromatic carbocycles. The van der Waals surface area contributed by atoms with E-state index in [2.05, 4.69) is 10.4 Å². The molecule has 0 spiro atoms. The topological polar surface area (TPSA) is 73.2 Å². The second kappa shape index (κ2) is 9.88. The standard InChI is InChI=1S/C21H20FN3O3S/c1-15(29-14-20(26)24-18-7-5-17(22)6-8-18)21(27)28-13-16-3-9-19(10-4-16)25-12-2-11-23-25/h2-12,15H,13-14H2,1H3,(H,24,26). The number of amides is 1. The van der Waals surface area contributed by atoms with Crippen LogP contribution in [0.3, 0.4) is 0 Å². The predicted octanol–water partition coefficient (Wildman–Crippen LogP) is 3.82. The number of aromatic nitrogens is 2. The van der Waals surface area contributed by atoms with E-state index in [9.17, 15) is 14.0 Å². The van der Waals surface area contributed by atoms with Crippen molar-refractivity contribution in [3.63, 3.8) is 0 Å². The number of carbonyl (C=O) groups is 2. The Morgan fingerprint density at radius 1 is 1.17 bits per heavy atom. The van der Waals surface area contributed by atoms with Crippen molar-refractivity contribution in [2.75, 3.05) is 11.1 Å². The molecule has 3 rings (SSSR count). The Morgan fingerprint density at radius 2 is 1.90 bits per heavy atom. The normalized spacial score (nSPS) is 11.7. The fourth-order valence-electron chi connectivity index (χ4n) is 2.44. The summed E-state index contributed by atoms with van der Waals surface area (Å²) in [7, 11) is 0. The number of anilines is 1. The van der Waals surface area contributed by atoms with Gasteiger partial charge in [0.1, 0.15) is 17.7 Å². The van der Waals surface area contributed by atoms with Crippen LogP contribution in [-0.4, -0.2) is 32.7 Å². The van der Waals surface area contributed by atoms with Crippen LogP contribution in [-0.2, 0) is 20.9 Å². The molecule has 1 atom stereocenters. The maximum atomic E-state index is 12.9. The summed E-state index contributed by atoms with van der Waals surface area (Å²) in [6.07, 6.45) is 3.55. The molecule has 0 radical (unpaired) electrons. The van der Waals surface area contributed by atoms with E-state index in [1.807, 2.05) is 36.5 Å². The fraction of sp³-hybridized carbons (Fsp3) is 0.190. The van der Waals surface area contributed by atoms with Gasteiger partial charge in [-0.25, -0.2) is 9.07 Å². The van der Waals surface area contributed by atoms with E-state index in [0.29, 0.717) is 5.69 Å². The molecule has 3 aromatic rings. The highest BCUT2D eigenvalue weighted by atomic mass is 32.2. The van der Waals surface area contributed by atoms with Gasteiger partial charge in [0.05, 0.1) is 11.4 Å². The second-order valence-corrected chi connectivity index (χ2v) is 7.56. The number of carbonyl (C=O) groups excluding carboxylic acids is 2. The Labute approximate surface area is 172 Å². The van der Waals surface area contributed by atoms with Crippen molar-refractivity contribution in [2.45, 2.75) is 18.8 Å². The minimum absolute atomic E-state index is 0.0895. The van der Waals surface area contributed by atoms with E-state index in [4.69, 9.17) is 4.74 Å². The van der Waals surface area contributed by atoms with Gasteiger partial charge >= 0.3 is 5.97 Å². The second-order valence-electron chi connectivity index (χ2n) is 6.23. The van der Waals surface area contributed by atoms with Crippen LogP contribution in [0.4, 0.5) is 10.1 Å². The number of hydrogen-bond acceptors (Lipinski definition) is 5. The van der Waals surface area contributed by atoms with Gasteiger partial charge in [0.25, 0.3) is 0 Å². The van der Waals surface area contributed by atoms with Crippen molar-refractivity contribution in [2.24, 2.45) is 0 Å². The molecule has 29 heavy (non-hydrogen) atoms. The van der Waals surface area contributed by atoms with Gasteiger partial charge in [-0.1, -0.05) is 12.1 Å². The predicted molar refractivity (Wildman–Crippen MR) is 110 cm³/mol. The van der Waals surface area contributed by atoms with Gasteiger partial charge in [-0.3, -0.25) is 9.59 Å². The van der Waals surface area contributed by atoms with Crippen LogP contribution in [0.5, 0.6) is 0 Å². The van der Waals surface area contributed by atoms with Crippen LogP contribution < -0.4 is 5.32 Å². The first kappa shape index (κ1) is 20.6. The van der Waals surface area contributed by atoms with Gasteiger partial charge in [-0.05, 0) is 55.0 Å². The summed E-state index contributed by atoms with van der Waals surface area (Å²) >= 11 is 1.18.